The van der Waals surface area contributed by atoms with Gasteiger partial charge in [-0.3, -0.25) is 4.79 Å². The van der Waals surface area contributed by atoms with Crippen LogP contribution in [0.4, 0.5) is 0 Å². The lowest BCUT2D eigenvalue weighted by atomic mass is 9.90. The fraction of sp³-hybridized carbons (Fsp3) is 0.571. The molecule has 0 radical (unpaired) electrons. The highest BCUT2D eigenvalue weighted by atomic mass is 16.4. The smallest absolute Gasteiger partial charge is 0.326 e. The minimum absolute atomic E-state index is 0.000221. The SMILES string of the molecule is CCn1cccc1C(=O)N1CCCC(C)C1C(=O)O. The Kier molecular flexibility index (Phi) is 3.93. The monoisotopic (exact) mass is 264 g/mol. The molecule has 2 heterocycles. The second kappa shape index (κ2) is 5.47. The zero-order valence-electron chi connectivity index (χ0n) is 11.4. The molecular formula is C14H20N2O3. The Morgan fingerprint density at radius 1 is 1.47 bits per heavy atom. The van der Waals surface area contributed by atoms with E-state index in [-0.39, 0.29) is 11.8 Å². The Morgan fingerprint density at radius 3 is 2.84 bits per heavy atom. The highest BCUT2D eigenvalue weighted by Gasteiger charge is 2.37. The number of rotatable bonds is 3. The lowest BCUT2D eigenvalue weighted by Gasteiger charge is -2.37. The zero-order valence-corrected chi connectivity index (χ0v) is 11.4. The van der Waals surface area contributed by atoms with Crippen molar-refractivity contribution in [3.8, 4) is 0 Å². The minimum Gasteiger partial charge on any atom is -0.480 e. The summed E-state index contributed by atoms with van der Waals surface area (Å²) in [6, 6.07) is 2.87. The molecule has 5 nitrogen and oxygen atoms in total. The van der Waals surface area contributed by atoms with E-state index in [1.165, 1.54) is 4.90 Å². The lowest BCUT2D eigenvalue weighted by molar-refractivity contribution is -0.145. The first-order chi connectivity index (χ1) is 9.06. The number of aryl methyl sites for hydroxylation is 1. The van der Waals surface area contributed by atoms with E-state index < -0.39 is 12.0 Å². The Balaban J connectivity index is 2.28. The van der Waals surface area contributed by atoms with Crippen LogP contribution in [-0.2, 0) is 11.3 Å². The molecule has 5 heteroatoms. The van der Waals surface area contributed by atoms with Crippen LogP contribution >= 0.6 is 0 Å². The van der Waals surface area contributed by atoms with Gasteiger partial charge in [-0.05, 0) is 37.8 Å². The number of carboxylic acids is 1. The van der Waals surface area contributed by atoms with E-state index in [1.807, 2.05) is 30.7 Å². The predicted octanol–water partition coefficient (Wildman–Crippen LogP) is 1.83. The molecule has 0 aromatic carbocycles. The highest BCUT2D eigenvalue weighted by molar-refractivity contribution is 5.95. The first-order valence-corrected chi connectivity index (χ1v) is 6.75. The Morgan fingerprint density at radius 2 is 2.21 bits per heavy atom. The van der Waals surface area contributed by atoms with Gasteiger partial charge in [-0.25, -0.2) is 4.79 Å². The molecule has 19 heavy (non-hydrogen) atoms. The summed E-state index contributed by atoms with van der Waals surface area (Å²) in [5.41, 5.74) is 0.572. The van der Waals surface area contributed by atoms with Gasteiger partial charge >= 0.3 is 5.97 Å². The van der Waals surface area contributed by atoms with E-state index in [0.29, 0.717) is 18.8 Å². The van der Waals surface area contributed by atoms with Gasteiger partial charge in [0.05, 0.1) is 0 Å². The van der Waals surface area contributed by atoms with Gasteiger partial charge in [0, 0.05) is 19.3 Å². The lowest BCUT2D eigenvalue weighted by Crippen LogP contribution is -2.52. The molecule has 104 valence electrons. The Bertz CT molecular complexity index is 481. The minimum atomic E-state index is -0.907. The summed E-state index contributed by atoms with van der Waals surface area (Å²) in [5.74, 6) is -1.08. The maximum atomic E-state index is 12.5. The standard InChI is InChI=1S/C14H20N2O3/c1-3-15-8-5-7-11(15)13(17)16-9-4-6-10(2)12(16)14(18)19/h5,7-8,10,12H,3-4,6,9H2,1-2H3,(H,18,19). The van der Waals surface area contributed by atoms with E-state index >= 15 is 0 Å². The van der Waals surface area contributed by atoms with Gasteiger partial charge in [0.25, 0.3) is 5.91 Å². The molecule has 1 aliphatic rings. The number of hydrogen-bond acceptors (Lipinski definition) is 2. The third kappa shape index (κ3) is 2.50. The number of aromatic nitrogens is 1. The number of amides is 1. The van der Waals surface area contributed by atoms with Gasteiger partial charge < -0.3 is 14.6 Å². The summed E-state index contributed by atoms with van der Waals surface area (Å²) in [4.78, 5) is 25.5. The average molecular weight is 264 g/mol. The number of piperidine rings is 1. The molecule has 0 aliphatic carbocycles. The maximum absolute atomic E-state index is 12.5. The second-order valence-electron chi connectivity index (χ2n) is 5.08. The number of aliphatic carboxylic acids is 1. The van der Waals surface area contributed by atoms with E-state index in [2.05, 4.69) is 0 Å². The third-order valence-electron chi connectivity index (χ3n) is 3.84. The summed E-state index contributed by atoms with van der Waals surface area (Å²) in [5, 5.41) is 9.35. The van der Waals surface area contributed by atoms with Gasteiger partial charge in [0.15, 0.2) is 0 Å². The van der Waals surface area contributed by atoms with Gasteiger partial charge in [-0.1, -0.05) is 6.92 Å². The van der Waals surface area contributed by atoms with Gasteiger partial charge in [-0.2, -0.15) is 0 Å². The van der Waals surface area contributed by atoms with Crippen molar-refractivity contribution in [1.29, 1.82) is 0 Å². The van der Waals surface area contributed by atoms with E-state index in [0.717, 1.165) is 12.8 Å². The van der Waals surface area contributed by atoms with Crippen molar-refractivity contribution in [2.45, 2.75) is 39.3 Å². The molecule has 2 rings (SSSR count). The van der Waals surface area contributed by atoms with Crippen LogP contribution in [0.5, 0.6) is 0 Å². The third-order valence-corrected chi connectivity index (χ3v) is 3.84. The highest BCUT2D eigenvalue weighted by Crippen LogP contribution is 2.25. The van der Waals surface area contributed by atoms with Gasteiger partial charge in [-0.15, -0.1) is 0 Å². The molecule has 1 N–H and O–H groups in total. The number of carbonyl (C=O) groups excluding carboxylic acids is 1. The van der Waals surface area contributed by atoms with Crippen molar-refractivity contribution in [2.75, 3.05) is 6.54 Å². The van der Waals surface area contributed by atoms with Crippen LogP contribution in [0, 0.1) is 5.92 Å². The molecule has 0 bridgehead atoms. The van der Waals surface area contributed by atoms with Gasteiger partial charge in [0.1, 0.15) is 11.7 Å². The summed E-state index contributed by atoms with van der Waals surface area (Å²) in [7, 11) is 0. The molecule has 1 aromatic heterocycles. The van der Waals surface area contributed by atoms with Crippen molar-refractivity contribution in [3.05, 3.63) is 24.0 Å². The molecule has 1 amide bonds. The fourth-order valence-corrected chi connectivity index (χ4v) is 2.82. The largest absolute Gasteiger partial charge is 0.480 e. The normalized spacial score (nSPS) is 23.4. The Hall–Kier alpha value is -1.78. The van der Waals surface area contributed by atoms with Crippen LogP contribution in [0.15, 0.2) is 18.3 Å². The molecule has 1 saturated heterocycles. The molecule has 2 unspecified atom stereocenters. The van der Waals surface area contributed by atoms with Crippen molar-refractivity contribution >= 4 is 11.9 Å². The van der Waals surface area contributed by atoms with Crippen LogP contribution in [0.1, 0.15) is 37.2 Å². The van der Waals surface area contributed by atoms with Crippen molar-refractivity contribution in [3.63, 3.8) is 0 Å². The first kappa shape index (κ1) is 13.6. The average Bonchev–Trinajstić information content (AvgIpc) is 2.85. The van der Waals surface area contributed by atoms with Crippen LogP contribution < -0.4 is 0 Å². The topological polar surface area (TPSA) is 62.5 Å². The Labute approximate surface area is 112 Å². The van der Waals surface area contributed by atoms with E-state index in [9.17, 15) is 14.7 Å². The van der Waals surface area contributed by atoms with Crippen molar-refractivity contribution in [2.24, 2.45) is 5.92 Å². The molecular weight excluding hydrogens is 244 g/mol. The number of hydrogen-bond donors (Lipinski definition) is 1. The zero-order chi connectivity index (χ0) is 14.0. The number of likely N-dealkylation sites (tertiary alicyclic amines) is 1. The van der Waals surface area contributed by atoms with Crippen molar-refractivity contribution < 1.29 is 14.7 Å². The molecule has 0 spiro atoms. The predicted molar refractivity (Wildman–Crippen MR) is 71.0 cm³/mol. The van der Waals surface area contributed by atoms with Crippen LogP contribution in [-0.4, -0.2) is 39.0 Å². The number of carbonyl (C=O) groups is 2. The van der Waals surface area contributed by atoms with Crippen LogP contribution in [0.2, 0.25) is 0 Å². The van der Waals surface area contributed by atoms with Crippen LogP contribution in [0.25, 0.3) is 0 Å². The summed E-state index contributed by atoms with van der Waals surface area (Å²) in [6.45, 7) is 5.09. The molecule has 1 aliphatic heterocycles. The molecule has 2 atom stereocenters. The summed E-state index contributed by atoms with van der Waals surface area (Å²) >= 11 is 0. The molecule has 1 fully saturated rings. The van der Waals surface area contributed by atoms with Crippen molar-refractivity contribution in [1.82, 2.24) is 9.47 Å². The fourth-order valence-electron chi connectivity index (χ4n) is 2.82. The molecule has 0 saturated carbocycles. The number of nitrogens with zero attached hydrogens (tertiary/aromatic N) is 2. The molecule has 1 aromatic rings. The van der Waals surface area contributed by atoms with Crippen LogP contribution in [0.3, 0.4) is 0 Å². The first-order valence-electron chi connectivity index (χ1n) is 6.75. The van der Waals surface area contributed by atoms with E-state index in [4.69, 9.17) is 0 Å². The summed E-state index contributed by atoms with van der Waals surface area (Å²) in [6.07, 6.45) is 3.56. The quantitative estimate of drug-likeness (QED) is 0.906. The second-order valence-corrected chi connectivity index (χ2v) is 5.08. The van der Waals surface area contributed by atoms with Gasteiger partial charge in [0.2, 0.25) is 0 Å². The summed E-state index contributed by atoms with van der Waals surface area (Å²) < 4.78 is 1.85. The van der Waals surface area contributed by atoms with E-state index in [1.54, 1.807) is 6.07 Å². The maximum Gasteiger partial charge on any atom is 0.326 e. The number of carboxylic acid groups (broad SMARTS) is 1.